The number of ether oxygens (including phenoxy) is 2. The number of methoxy groups -OCH3 is 1. The molecule has 0 bridgehead atoms. The molecule has 0 heterocycles. The summed E-state index contributed by atoms with van der Waals surface area (Å²) in [6, 6.07) is 3.15. The van der Waals surface area contributed by atoms with Gasteiger partial charge >= 0.3 is 5.97 Å². The monoisotopic (exact) mass is 284 g/mol. The number of carbonyl (C=O) groups excluding carboxylic acids is 2. The highest BCUT2D eigenvalue weighted by atomic mass is 19.1. The second-order valence-corrected chi connectivity index (χ2v) is 4.27. The molecule has 0 aliphatic carbocycles. The fraction of sp³-hybridized carbons (Fsp3) is 0.385. The third kappa shape index (κ3) is 5.23. The summed E-state index contributed by atoms with van der Waals surface area (Å²) >= 11 is 0. The Balaban J connectivity index is 2.48. The van der Waals surface area contributed by atoms with E-state index in [9.17, 15) is 14.0 Å². The van der Waals surface area contributed by atoms with Crippen molar-refractivity contribution in [3.63, 3.8) is 0 Å². The molecule has 1 aromatic carbocycles. The van der Waals surface area contributed by atoms with Gasteiger partial charge in [-0.15, -0.1) is 0 Å². The highest BCUT2D eigenvalue weighted by molar-refractivity contribution is 5.92. The van der Waals surface area contributed by atoms with Gasteiger partial charge in [-0.05, 0) is 25.1 Å². The Hall–Kier alpha value is -2.15. The van der Waals surface area contributed by atoms with Gasteiger partial charge in [-0.25, -0.2) is 9.18 Å². The molecule has 20 heavy (non-hydrogen) atoms. The molecular weight excluding hydrogens is 267 g/mol. The molecule has 0 saturated carbocycles. The van der Waals surface area contributed by atoms with E-state index in [1.54, 1.807) is 6.92 Å². The van der Waals surface area contributed by atoms with Crippen molar-refractivity contribution in [1.82, 2.24) is 5.32 Å². The van der Waals surface area contributed by atoms with Gasteiger partial charge in [-0.1, -0.05) is 0 Å². The zero-order chi connectivity index (χ0) is 15.1. The van der Waals surface area contributed by atoms with E-state index in [0.717, 1.165) is 12.1 Å². The van der Waals surface area contributed by atoms with Crippen molar-refractivity contribution >= 4 is 17.6 Å². The highest BCUT2D eigenvalue weighted by Crippen LogP contribution is 2.11. The summed E-state index contributed by atoms with van der Waals surface area (Å²) in [4.78, 5) is 23.1. The predicted molar refractivity (Wildman–Crippen MR) is 70.6 cm³/mol. The number of nitrogens with two attached hydrogens (primary N) is 1. The van der Waals surface area contributed by atoms with Crippen LogP contribution in [0.3, 0.4) is 0 Å². The maximum absolute atomic E-state index is 13.1. The second-order valence-electron chi connectivity index (χ2n) is 4.27. The van der Waals surface area contributed by atoms with Crippen molar-refractivity contribution in [3.8, 4) is 0 Å². The van der Waals surface area contributed by atoms with Crippen LogP contribution in [0.25, 0.3) is 0 Å². The van der Waals surface area contributed by atoms with Gasteiger partial charge in [-0.2, -0.15) is 0 Å². The molecule has 7 heteroatoms. The maximum Gasteiger partial charge on any atom is 0.338 e. The first-order chi connectivity index (χ1) is 9.42. The summed E-state index contributed by atoms with van der Waals surface area (Å²) in [5, 5.41) is 2.57. The number of nitrogens with one attached hydrogen (secondary N) is 1. The largest absolute Gasteiger partial charge is 0.452 e. The molecular formula is C13H17FN2O4. The van der Waals surface area contributed by atoms with E-state index in [1.807, 2.05) is 0 Å². The Kier molecular flexibility index (Phi) is 5.92. The lowest BCUT2D eigenvalue weighted by molar-refractivity contribution is -0.125. The second kappa shape index (κ2) is 7.44. The number of amides is 1. The van der Waals surface area contributed by atoms with Gasteiger partial charge in [0, 0.05) is 18.8 Å². The first-order valence-electron chi connectivity index (χ1n) is 5.94. The van der Waals surface area contributed by atoms with E-state index in [-0.39, 0.29) is 17.3 Å². The molecule has 0 aliphatic rings. The quantitative estimate of drug-likeness (QED) is 0.593. The van der Waals surface area contributed by atoms with Crippen LogP contribution in [0.2, 0.25) is 0 Å². The molecule has 3 N–H and O–H groups in total. The number of rotatable bonds is 6. The van der Waals surface area contributed by atoms with Gasteiger partial charge in [-0.3, -0.25) is 4.79 Å². The van der Waals surface area contributed by atoms with Gasteiger partial charge in [0.25, 0.3) is 5.91 Å². The molecule has 0 radical (unpaired) electrons. The molecule has 0 saturated heterocycles. The summed E-state index contributed by atoms with van der Waals surface area (Å²) < 4.78 is 22.7. The molecule has 6 nitrogen and oxygen atoms in total. The van der Waals surface area contributed by atoms with E-state index in [2.05, 4.69) is 5.32 Å². The molecule has 1 amide bonds. The van der Waals surface area contributed by atoms with Crippen LogP contribution in [-0.2, 0) is 14.3 Å². The van der Waals surface area contributed by atoms with Crippen LogP contribution in [0, 0.1) is 5.82 Å². The third-order valence-corrected chi connectivity index (χ3v) is 2.31. The molecule has 0 aromatic heterocycles. The van der Waals surface area contributed by atoms with E-state index in [0.29, 0.717) is 6.61 Å². The number of halogens is 1. The Morgan fingerprint density at radius 1 is 1.40 bits per heavy atom. The topological polar surface area (TPSA) is 90.6 Å². The van der Waals surface area contributed by atoms with E-state index >= 15 is 0 Å². The molecule has 110 valence electrons. The van der Waals surface area contributed by atoms with E-state index in [1.165, 1.54) is 13.2 Å². The lowest BCUT2D eigenvalue weighted by Crippen LogP contribution is -2.38. The van der Waals surface area contributed by atoms with Crippen molar-refractivity contribution in [2.24, 2.45) is 0 Å². The Morgan fingerprint density at radius 2 is 2.10 bits per heavy atom. The number of carbonyl (C=O) groups is 2. The number of anilines is 1. The molecule has 1 atom stereocenters. The molecule has 0 fully saturated rings. The fourth-order valence-electron chi connectivity index (χ4n) is 1.55. The van der Waals surface area contributed by atoms with E-state index < -0.39 is 24.3 Å². The van der Waals surface area contributed by atoms with E-state index in [4.69, 9.17) is 15.2 Å². The van der Waals surface area contributed by atoms with Crippen LogP contribution in [-0.4, -0.2) is 38.2 Å². The normalized spacial score (nSPS) is 11.8. The van der Waals surface area contributed by atoms with Crippen molar-refractivity contribution in [2.45, 2.75) is 13.0 Å². The van der Waals surface area contributed by atoms with Gasteiger partial charge in [0.15, 0.2) is 6.61 Å². The number of hydrogen-bond donors (Lipinski definition) is 2. The van der Waals surface area contributed by atoms with Crippen LogP contribution in [0.1, 0.15) is 17.3 Å². The van der Waals surface area contributed by atoms with Crippen molar-refractivity contribution in [3.05, 3.63) is 29.6 Å². The fourth-order valence-corrected chi connectivity index (χ4v) is 1.55. The van der Waals surface area contributed by atoms with Crippen molar-refractivity contribution < 1.29 is 23.5 Å². The molecule has 0 aliphatic heterocycles. The SMILES string of the molecule is COCC(C)NC(=O)COC(=O)c1cc(N)cc(F)c1. The number of benzene rings is 1. The summed E-state index contributed by atoms with van der Waals surface area (Å²) in [5.74, 6) is -1.92. The Morgan fingerprint density at radius 3 is 2.70 bits per heavy atom. The molecule has 1 rings (SSSR count). The zero-order valence-electron chi connectivity index (χ0n) is 11.3. The zero-order valence-corrected chi connectivity index (χ0v) is 11.3. The number of hydrogen-bond acceptors (Lipinski definition) is 5. The smallest absolute Gasteiger partial charge is 0.338 e. The van der Waals surface area contributed by atoms with Crippen LogP contribution < -0.4 is 11.1 Å². The van der Waals surface area contributed by atoms with Crippen LogP contribution in [0.5, 0.6) is 0 Å². The summed E-state index contributed by atoms with van der Waals surface area (Å²) in [5.41, 5.74) is 5.48. The number of esters is 1. The van der Waals surface area contributed by atoms with Crippen molar-refractivity contribution in [2.75, 3.05) is 26.1 Å². The van der Waals surface area contributed by atoms with Crippen LogP contribution in [0.15, 0.2) is 18.2 Å². The molecule has 0 spiro atoms. The Bertz CT molecular complexity index is 473. The van der Waals surface area contributed by atoms with Crippen LogP contribution in [0.4, 0.5) is 10.1 Å². The lowest BCUT2D eigenvalue weighted by atomic mass is 10.2. The standard InChI is InChI=1S/C13H17FN2O4/c1-8(6-19-2)16-12(17)7-20-13(18)9-3-10(14)5-11(15)4-9/h3-5,8H,6-7,15H2,1-2H3,(H,16,17). The summed E-state index contributed by atoms with van der Waals surface area (Å²) in [7, 11) is 1.51. The van der Waals surface area contributed by atoms with Crippen LogP contribution >= 0.6 is 0 Å². The minimum Gasteiger partial charge on any atom is -0.452 e. The lowest BCUT2D eigenvalue weighted by Gasteiger charge is -2.12. The molecule has 1 unspecified atom stereocenters. The first kappa shape index (κ1) is 15.9. The molecule has 1 aromatic rings. The third-order valence-electron chi connectivity index (χ3n) is 2.31. The minimum atomic E-state index is -0.814. The summed E-state index contributed by atoms with van der Waals surface area (Å²) in [6.45, 7) is 1.64. The van der Waals surface area contributed by atoms with Gasteiger partial charge in [0.05, 0.1) is 12.2 Å². The van der Waals surface area contributed by atoms with Gasteiger partial charge in [0.2, 0.25) is 0 Å². The summed E-state index contributed by atoms with van der Waals surface area (Å²) in [6.07, 6.45) is 0. The van der Waals surface area contributed by atoms with Gasteiger partial charge in [0.1, 0.15) is 5.82 Å². The average Bonchev–Trinajstić information content (AvgIpc) is 2.35. The van der Waals surface area contributed by atoms with Crippen molar-refractivity contribution in [1.29, 1.82) is 0 Å². The first-order valence-corrected chi connectivity index (χ1v) is 5.94. The predicted octanol–water partition coefficient (Wildman–Crippen LogP) is 0.716. The highest BCUT2D eigenvalue weighted by Gasteiger charge is 2.13. The average molecular weight is 284 g/mol. The maximum atomic E-state index is 13.1. The minimum absolute atomic E-state index is 0.0414. The van der Waals surface area contributed by atoms with Gasteiger partial charge < -0.3 is 20.5 Å². The Labute approximate surface area is 116 Å². The number of nitrogen functional groups attached to an aromatic ring is 1.